The van der Waals surface area contributed by atoms with Crippen LogP contribution in [-0.4, -0.2) is 14.8 Å². The Kier molecular flexibility index (Phi) is 5.72. The van der Waals surface area contributed by atoms with Crippen molar-refractivity contribution in [1.82, 2.24) is 14.8 Å². The zero-order valence-electron chi connectivity index (χ0n) is 15.1. The molecule has 0 aliphatic heterocycles. The van der Waals surface area contributed by atoms with Gasteiger partial charge in [-0.2, -0.15) is 0 Å². The summed E-state index contributed by atoms with van der Waals surface area (Å²) in [4.78, 5) is 0. The van der Waals surface area contributed by atoms with Crippen LogP contribution in [0.2, 0.25) is 10.0 Å². The van der Waals surface area contributed by atoms with Gasteiger partial charge in [-0.1, -0.05) is 83.5 Å². The third-order valence-corrected chi connectivity index (χ3v) is 6.15. The molecule has 1 aromatic heterocycles. The van der Waals surface area contributed by atoms with Gasteiger partial charge in [-0.25, -0.2) is 0 Å². The van der Waals surface area contributed by atoms with E-state index in [0.29, 0.717) is 10.8 Å². The number of aryl methyl sites for hydroxylation is 1. The van der Waals surface area contributed by atoms with Crippen LogP contribution < -0.4 is 0 Å². The van der Waals surface area contributed by atoms with E-state index in [2.05, 4.69) is 14.8 Å². The second-order valence-corrected chi connectivity index (χ2v) is 8.08. The Hall–Kier alpha value is -2.27. The van der Waals surface area contributed by atoms with Crippen LogP contribution in [-0.2, 0) is 5.75 Å². The van der Waals surface area contributed by atoms with Crippen molar-refractivity contribution >= 4 is 35.0 Å². The lowest BCUT2D eigenvalue weighted by molar-refractivity contribution is 0.886. The van der Waals surface area contributed by atoms with Crippen LogP contribution in [0.25, 0.3) is 17.1 Å². The van der Waals surface area contributed by atoms with Crippen molar-refractivity contribution in [3.05, 3.63) is 94.0 Å². The molecule has 3 nitrogen and oxygen atoms in total. The standard InChI is InChI=1S/C22H17Cl2N3S/c1-15-11-12-16(13-20(15)24)21-25-26-22(27(21)18-8-3-2-4-9-18)28-14-17-7-5-6-10-19(17)23/h2-13H,14H2,1H3. The van der Waals surface area contributed by atoms with Gasteiger partial charge in [0.05, 0.1) is 0 Å². The number of aromatic nitrogens is 3. The summed E-state index contributed by atoms with van der Waals surface area (Å²) in [6.45, 7) is 1.99. The molecule has 0 aliphatic rings. The van der Waals surface area contributed by atoms with E-state index in [4.69, 9.17) is 23.2 Å². The Labute approximate surface area is 178 Å². The summed E-state index contributed by atoms with van der Waals surface area (Å²) in [6, 6.07) is 23.9. The summed E-state index contributed by atoms with van der Waals surface area (Å²) >= 11 is 14.3. The molecular formula is C22H17Cl2N3S. The molecule has 0 amide bonds. The molecule has 4 aromatic rings. The summed E-state index contributed by atoms with van der Waals surface area (Å²) in [5, 5.41) is 11.2. The first-order valence-electron chi connectivity index (χ1n) is 8.77. The molecule has 140 valence electrons. The molecule has 0 fully saturated rings. The number of nitrogens with zero attached hydrogens (tertiary/aromatic N) is 3. The molecule has 3 aromatic carbocycles. The summed E-state index contributed by atoms with van der Waals surface area (Å²) in [6.07, 6.45) is 0. The molecule has 0 radical (unpaired) electrons. The molecule has 0 atom stereocenters. The number of hydrogen-bond acceptors (Lipinski definition) is 3. The van der Waals surface area contributed by atoms with Crippen LogP contribution in [0.1, 0.15) is 11.1 Å². The smallest absolute Gasteiger partial charge is 0.196 e. The highest BCUT2D eigenvalue weighted by Crippen LogP contribution is 2.32. The van der Waals surface area contributed by atoms with Gasteiger partial charge in [-0.15, -0.1) is 10.2 Å². The summed E-state index contributed by atoms with van der Waals surface area (Å²) in [5.41, 5.74) is 4.03. The molecule has 0 bridgehead atoms. The normalized spacial score (nSPS) is 11.0. The maximum atomic E-state index is 6.35. The molecule has 0 N–H and O–H groups in total. The van der Waals surface area contributed by atoms with Crippen LogP contribution in [0.4, 0.5) is 0 Å². The minimum Gasteiger partial charge on any atom is -0.270 e. The second-order valence-electron chi connectivity index (χ2n) is 6.32. The van der Waals surface area contributed by atoms with Crippen molar-refractivity contribution in [3.8, 4) is 17.1 Å². The average Bonchev–Trinajstić information content (AvgIpc) is 3.14. The molecular weight excluding hydrogens is 409 g/mol. The van der Waals surface area contributed by atoms with Gasteiger partial charge < -0.3 is 0 Å². The lowest BCUT2D eigenvalue weighted by atomic mass is 10.1. The topological polar surface area (TPSA) is 30.7 Å². The van der Waals surface area contributed by atoms with Crippen LogP contribution in [0.3, 0.4) is 0 Å². The van der Waals surface area contributed by atoms with Crippen LogP contribution >= 0.6 is 35.0 Å². The average molecular weight is 426 g/mol. The summed E-state index contributed by atoms with van der Waals surface area (Å²) in [5.74, 6) is 1.47. The van der Waals surface area contributed by atoms with Crippen molar-refractivity contribution in [3.63, 3.8) is 0 Å². The van der Waals surface area contributed by atoms with E-state index in [-0.39, 0.29) is 0 Å². The quantitative estimate of drug-likeness (QED) is 0.327. The van der Waals surface area contributed by atoms with Crippen LogP contribution in [0, 0.1) is 6.92 Å². The first kappa shape index (κ1) is 19.1. The number of rotatable bonds is 5. The zero-order chi connectivity index (χ0) is 19.5. The molecule has 0 unspecified atom stereocenters. The van der Waals surface area contributed by atoms with E-state index in [1.807, 2.05) is 79.7 Å². The maximum Gasteiger partial charge on any atom is 0.196 e. The van der Waals surface area contributed by atoms with Gasteiger partial charge >= 0.3 is 0 Å². The van der Waals surface area contributed by atoms with E-state index in [9.17, 15) is 0 Å². The van der Waals surface area contributed by atoms with Crippen molar-refractivity contribution in [2.24, 2.45) is 0 Å². The van der Waals surface area contributed by atoms with Gasteiger partial charge in [0.1, 0.15) is 0 Å². The van der Waals surface area contributed by atoms with E-state index < -0.39 is 0 Å². The van der Waals surface area contributed by atoms with Crippen LogP contribution in [0.15, 0.2) is 78.0 Å². The van der Waals surface area contributed by atoms with Gasteiger partial charge in [0.15, 0.2) is 11.0 Å². The maximum absolute atomic E-state index is 6.35. The molecule has 0 spiro atoms. The molecule has 0 aliphatic carbocycles. The molecule has 1 heterocycles. The van der Waals surface area contributed by atoms with E-state index in [0.717, 1.165) is 38.4 Å². The largest absolute Gasteiger partial charge is 0.270 e. The first-order chi connectivity index (χ1) is 13.6. The highest BCUT2D eigenvalue weighted by atomic mass is 35.5. The lowest BCUT2D eigenvalue weighted by Gasteiger charge is -2.11. The number of para-hydroxylation sites is 1. The summed E-state index contributed by atoms with van der Waals surface area (Å²) < 4.78 is 2.06. The molecule has 6 heteroatoms. The predicted octanol–water partition coefficient (Wildman–Crippen LogP) is 6.84. The third kappa shape index (κ3) is 3.95. The first-order valence-corrected chi connectivity index (χ1v) is 10.5. The Bertz CT molecular complexity index is 1110. The lowest BCUT2D eigenvalue weighted by Crippen LogP contribution is -2.00. The number of benzene rings is 3. The highest BCUT2D eigenvalue weighted by molar-refractivity contribution is 7.98. The monoisotopic (exact) mass is 425 g/mol. The van der Waals surface area contributed by atoms with Gasteiger partial charge in [-0.3, -0.25) is 4.57 Å². The third-order valence-electron chi connectivity index (χ3n) is 4.39. The number of thioether (sulfide) groups is 1. The fraction of sp³-hybridized carbons (Fsp3) is 0.0909. The highest BCUT2D eigenvalue weighted by Gasteiger charge is 2.17. The Balaban J connectivity index is 1.76. The minimum atomic E-state index is 0.708. The van der Waals surface area contributed by atoms with E-state index in [1.165, 1.54) is 0 Å². The van der Waals surface area contributed by atoms with Crippen molar-refractivity contribution in [1.29, 1.82) is 0 Å². The molecule has 0 saturated heterocycles. The van der Waals surface area contributed by atoms with Gasteiger partial charge in [0, 0.05) is 27.0 Å². The molecule has 4 rings (SSSR count). The zero-order valence-corrected chi connectivity index (χ0v) is 17.5. The predicted molar refractivity (Wildman–Crippen MR) is 118 cm³/mol. The minimum absolute atomic E-state index is 0.708. The fourth-order valence-corrected chi connectivity index (χ4v) is 4.27. The number of halogens is 2. The SMILES string of the molecule is Cc1ccc(-c2nnc(SCc3ccccc3Cl)n2-c2ccccc2)cc1Cl. The number of hydrogen-bond donors (Lipinski definition) is 0. The molecule has 0 saturated carbocycles. The van der Waals surface area contributed by atoms with E-state index >= 15 is 0 Å². The van der Waals surface area contributed by atoms with Gasteiger partial charge in [0.25, 0.3) is 0 Å². The van der Waals surface area contributed by atoms with Gasteiger partial charge in [0.2, 0.25) is 0 Å². The Morgan fingerprint density at radius 1 is 0.857 bits per heavy atom. The van der Waals surface area contributed by atoms with Crippen LogP contribution in [0.5, 0.6) is 0 Å². The van der Waals surface area contributed by atoms with Crippen molar-refractivity contribution in [2.75, 3.05) is 0 Å². The summed E-state index contributed by atoms with van der Waals surface area (Å²) in [7, 11) is 0. The fourth-order valence-electron chi connectivity index (χ4n) is 2.85. The van der Waals surface area contributed by atoms with Gasteiger partial charge in [-0.05, 0) is 42.3 Å². The van der Waals surface area contributed by atoms with Crippen molar-refractivity contribution in [2.45, 2.75) is 17.8 Å². The van der Waals surface area contributed by atoms with E-state index in [1.54, 1.807) is 11.8 Å². The Morgan fingerprint density at radius 2 is 1.61 bits per heavy atom. The Morgan fingerprint density at radius 3 is 2.36 bits per heavy atom. The second kappa shape index (κ2) is 8.39. The van der Waals surface area contributed by atoms with Crippen molar-refractivity contribution < 1.29 is 0 Å². The molecule has 28 heavy (non-hydrogen) atoms.